The van der Waals surface area contributed by atoms with E-state index in [1.165, 1.54) is 186 Å². The van der Waals surface area contributed by atoms with Crippen molar-refractivity contribution in [2.45, 2.75) is 200 Å². The average Bonchev–Trinajstić information content (AvgIpc) is 2.89. The summed E-state index contributed by atoms with van der Waals surface area (Å²) in [7, 11) is 0. The summed E-state index contributed by atoms with van der Waals surface area (Å²) < 4.78 is 0. The van der Waals surface area contributed by atoms with Crippen LogP contribution in [0.1, 0.15) is 200 Å². The molecule has 0 aliphatic heterocycles. The van der Waals surface area contributed by atoms with Crippen molar-refractivity contribution < 1.29 is 0 Å². The molecule has 0 atom stereocenters. The predicted molar refractivity (Wildman–Crippen MR) is 168 cm³/mol. The molecule has 213 valence electrons. The van der Waals surface area contributed by atoms with Crippen molar-refractivity contribution in [3.05, 3.63) is 30.7 Å². The normalized spacial score (nSPS) is 11.9. The van der Waals surface area contributed by atoms with E-state index in [-0.39, 0.29) is 0 Å². The molecule has 0 aliphatic rings. The highest BCUT2D eigenvalue weighted by Gasteiger charge is 1.95. The van der Waals surface area contributed by atoms with Gasteiger partial charge in [-0.3, -0.25) is 0 Å². The largest absolute Gasteiger partial charge is 0.0885 e. The average molecular weight is 502 g/mol. The maximum absolute atomic E-state index is 2.57. The minimum Gasteiger partial charge on any atom is -0.0885 e. The molecule has 0 N–H and O–H groups in total. The van der Waals surface area contributed by atoms with Crippen LogP contribution >= 0.6 is 0 Å². The molecule has 0 nitrogen and oxygen atoms in total. The van der Waals surface area contributed by atoms with Gasteiger partial charge in [0.25, 0.3) is 0 Å². The first-order chi connectivity index (χ1) is 17.9. The van der Waals surface area contributed by atoms with Gasteiger partial charge in [-0.25, -0.2) is 0 Å². The lowest BCUT2D eigenvalue weighted by atomic mass is 10.0. The van der Waals surface area contributed by atoms with Crippen molar-refractivity contribution in [1.82, 2.24) is 0 Å². The van der Waals surface area contributed by atoms with Crippen LogP contribution in [0.3, 0.4) is 0 Å². The van der Waals surface area contributed by atoms with Crippen LogP contribution in [0, 0.1) is 6.42 Å². The first-order valence-electron chi connectivity index (χ1n) is 17.0. The number of hydrogen-bond donors (Lipinski definition) is 0. The van der Waals surface area contributed by atoms with Crippen molar-refractivity contribution >= 4 is 0 Å². The smallest absolute Gasteiger partial charge is 0.0351 e. The van der Waals surface area contributed by atoms with Crippen LogP contribution in [-0.2, 0) is 0 Å². The molecule has 0 aromatic rings. The summed E-state index contributed by atoms with van der Waals surface area (Å²) in [4.78, 5) is 0. The van der Waals surface area contributed by atoms with Gasteiger partial charge in [0.05, 0.1) is 0 Å². The van der Waals surface area contributed by atoms with E-state index in [0.717, 1.165) is 0 Å². The molecule has 0 heteroatoms. The molecule has 0 aromatic heterocycles. The van der Waals surface area contributed by atoms with Crippen LogP contribution in [0.15, 0.2) is 24.3 Å². The van der Waals surface area contributed by atoms with Crippen molar-refractivity contribution in [2.24, 2.45) is 0 Å². The highest BCUT2D eigenvalue weighted by molar-refractivity contribution is 4.82. The van der Waals surface area contributed by atoms with Gasteiger partial charge < -0.3 is 0 Å². The first kappa shape index (κ1) is 35.5. The molecule has 36 heavy (non-hydrogen) atoms. The highest BCUT2D eigenvalue weighted by atomic mass is 14.0. The summed E-state index contributed by atoms with van der Waals surface area (Å²) in [6, 6.07) is 0. The molecule has 0 rings (SSSR count). The minimum absolute atomic E-state index is 1.30. The fourth-order valence-corrected chi connectivity index (χ4v) is 5.04. The van der Waals surface area contributed by atoms with E-state index >= 15 is 0 Å². The zero-order chi connectivity index (χ0) is 26.0. The summed E-state index contributed by atoms with van der Waals surface area (Å²) in [5, 5.41) is 0. The molecular weight excluding hydrogens is 432 g/mol. The lowest BCUT2D eigenvalue weighted by molar-refractivity contribution is 0.578. The van der Waals surface area contributed by atoms with Gasteiger partial charge in [-0.05, 0) is 57.8 Å². The summed E-state index contributed by atoms with van der Waals surface area (Å²) in [6.07, 6.45) is 52.9. The zero-order valence-corrected chi connectivity index (χ0v) is 25.4. The van der Waals surface area contributed by atoms with E-state index in [1.807, 2.05) is 0 Å². The van der Waals surface area contributed by atoms with Crippen LogP contribution in [0.4, 0.5) is 0 Å². The van der Waals surface area contributed by atoms with Gasteiger partial charge in [0.15, 0.2) is 0 Å². The van der Waals surface area contributed by atoms with Crippen molar-refractivity contribution in [3.8, 4) is 0 Å². The third-order valence-corrected chi connectivity index (χ3v) is 7.59. The van der Waals surface area contributed by atoms with E-state index in [4.69, 9.17) is 0 Å². The maximum Gasteiger partial charge on any atom is -0.0351 e. The number of allylic oxidation sites excluding steroid dienone is 4. The van der Waals surface area contributed by atoms with Crippen LogP contribution in [0.5, 0.6) is 0 Å². The van der Waals surface area contributed by atoms with E-state index in [0.29, 0.717) is 0 Å². The monoisotopic (exact) mass is 502 g/mol. The molecule has 0 saturated heterocycles. The first-order valence-corrected chi connectivity index (χ1v) is 17.0. The van der Waals surface area contributed by atoms with E-state index in [9.17, 15) is 0 Å². The van der Waals surface area contributed by atoms with E-state index in [1.54, 1.807) is 0 Å². The number of unbranched alkanes of at least 4 members (excludes halogenated alkanes) is 27. The fraction of sp³-hybridized carbons (Fsp3) is 0.861. The van der Waals surface area contributed by atoms with Crippen LogP contribution < -0.4 is 0 Å². The summed E-state index contributed by atoms with van der Waals surface area (Å²) in [6.45, 7) is 4.59. The Balaban J connectivity index is 3.09. The Morgan fingerprint density at radius 2 is 0.472 bits per heavy atom. The third-order valence-electron chi connectivity index (χ3n) is 7.59. The van der Waals surface area contributed by atoms with Gasteiger partial charge in [0, 0.05) is 0 Å². The standard InChI is InChI=1S/C36H69/c1-3-5-7-9-11-13-15-17-19-21-23-25-27-29-31-33-35-36-34-32-30-28-26-24-22-20-18-16-14-12-10-8-6-4-2/h17-20,35H,3-16,21-34,36H2,1-2H3/b19-17-,20-18?. The molecule has 0 aliphatic carbocycles. The van der Waals surface area contributed by atoms with Crippen LogP contribution in [0.2, 0.25) is 0 Å². The van der Waals surface area contributed by atoms with Crippen molar-refractivity contribution in [3.63, 3.8) is 0 Å². The second-order valence-corrected chi connectivity index (χ2v) is 11.4. The molecule has 0 unspecified atom stereocenters. The Morgan fingerprint density at radius 1 is 0.250 bits per heavy atom. The molecule has 0 amide bonds. The molecule has 1 radical (unpaired) electrons. The maximum atomic E-state index is 2.57. The van der Waals surface area contributed by atoms with Crippen molar-refractivity contribution in [2.75, 3.05) is 0 Å². The molecule has 0 spiro atoms. The van der Waals surface area contributed by atoms with Gasteiger partial charge in [-0.1, -0.05) is 173 Å². The van der Waals surface area contributed by atoms with Gasteiger partial charge in [-0.2, -0.15) is 0 Å². The van der Waals surface area contributed by atoms with E-state index in [2.05, 4.69) is 44.6 Å². The second-order valence-electron chi connectivity index (χ2n) is 11.4. The van der Waals surface area contributed by atoms with Gasteiger partial charge >= 0.3 is 0 Å². The van der Waals surface area contributed by atoms with Crippen LogP contribution in [0.25, 0.3) is 0 Å². The minimum atomic E-state index is 1.30. The summed E-state index contributed by atoms with van der Waals surface area (Å²) >= 11 is 0. The van der Waals surface area contributed by atoms with Gasteiger partial charge in [0.2, 0.25) is 0 Å². The molecule has 0 fully saturated rings. The van der Waals surface area contributed by atoms with E-state index < -0.39 is 0 Å². The topological polar surface area (TPSA) is 0 Å². The Kier molecular flexibility index (Phi) is 34.0. The Labute approximate surface area is 230 Å². The predicted octanol–water partition coefficient (Wildman–Crippen LogP) is 13.7. The Morgan fingerprint density at radius 3 is 0.750 bits per heavy atom. The summed E-state index contributed by atoms with van der Waals surface area (Å²) in [5.41, 5.74) is 0. The quantitative estimate of drug-likeness (QED) is 0.0654. The second kappa shape index (κ2) is 34.5. The lowest BCUT2D eigenvalue weighted by Gasteiger charge is -2.03. The number of rotatable bonds is 31. The highest BCUT2D eigenvalue weighted by Crippen LogP contribution is 2.14. The molecule has 0 bridgehead atoms. The van der Waals surface area contributed by atoms with Gasteiger partial charge in [0.1, 0.15) is 0 Å². The zero-order valence-electron chi connectivity index (χ0n) is 25.4. The lowest BCUT2D eigenvalue weighted by Crippen LogP contribution is -1.84. The number of hydrogen-bond acceptors (Lipinski definition) is 0. The third kappa shape index (κ3) is 33.5. The Bertz CT molecular complexity index is 378. The van der Waals surface area contributed by atoms with Crippen LogP contribution in [-0.4, -0.2) is 0 Å². The summed E-state index contributed by atoms with van der Waals surface area (Å²) in [5.74, 6) is 0. The Hall–Kier alpha value is -0.520. The molecule has 0 saturated carbocycles. The van der Waals surface area contributed by atoms with Crippen molar-refractivity contribution in [1.29, 1.82) is 0 Å². The molecule has 0 heterocycles. The fourth-order valence-electron chi connectivity index (χ4n) is 5.04. The molecule has 0 aromatic carbocycles. The molecular formula is C36H69. The van der Waals surface area contributed by atoms with Gasteiger partial charge in [-0.15, -0.1) is 0 Å². The SMILES string of the molecule is CCCCCCCCC=CCCCCCCCC[CH]CCCCCCC/C=C\CCCCCCCC.